The van der Waals surface area contributed by atoms with Crippen molar-refractivity contribution in [1.82, 2.24) is 4.72 Å². The standard InChI is InChI=1S/C2H7NO3S/c4-2-1-3-7(5)6/h3-4H,1-2H2,(H,5,6). The van der Waals surface area contributed by atoms with Gasteiger partial charge in [0, 0.05) is 6.54 Å². The van der Waals surface area contributed by atoms with Crippen LogP contribution in [0.25, 0.3) is 0 Å². The van der Waals surface area contributed by atoms with Crippen molar-refractivity contribution in [2.45, 2.75) is 0 Å². The van der Waals surface area contributed by atoms with Gasteiger partial charge in [-0.15, -0.1) is 0 Å². The van der Waals surface area contributed by atoms with E-state index in [1.54, 1.807) is 0 Å². The number of hydrogen-bond acceptors (Lipinski definition) is 2. The van der Waals surface area contributed by atoms with Crippen LogP contribution in [0.3, 0.4) is 0 Å². The summed E-state index contributed by atoms with van der Waals surface area (Å²) in [6.45, 7) is 0.0371. The van der Waals surface area contributed by atoms with Gasteiger partial charge in [-0.05, 0) is 0 Å². The molecule has 0 saturated carbocycles. The number of nitrogens with one attached hydrogen (secondary N) is 1. The second-order valence-electron chi connectivity index (χ2n) is 0.867. The van der Waals surface area contributed by atoms with E-state index in [1.807, 2.05) is 0 Å². The molecule has 0 bridgehead atoms. The molecule has 0 heterocycles. The molecule has 0 aromatic rings. The molecule has 0 aliphatic heterocycles. The Kier molecular flexibility index (Phi) is 4.21. The quantitative estimate of drug-likeness (QED) is 0.411. The summed E-state index contributed by atoms with van der Waals surface area (Å²) in [6, 6.07) is 0. The summed E-state index contributed by atoms with van der Waals surface area (Å²) in [7, 11) is 0. The van der Waals surface area contributed by atoms with Crippen LogP contribution >= 0.6 is 0 Å². The van der Waals surface area contributed by atoms with Gasteiger partial charge in [0.15, 0.2) is 0 Å². The number of hydrogen-bond donors (Lipinski definition) is 3. The molecule has 0 radical (unpaired) electrons. The van der Waals surface area contributed by atoms with Crippen molar-refractivity contribution < 1.29 is 13.9 Å². The molecule has 5 heteroatoms. The van der Waals surface area contributed by atoms with Crippen LogP contribution in [0.5, 0.6) is 0 Å². The maximum Gasteiger partial charge on any atom is 0.231 e. The summed E-state index contributed by atoms with van der Waals surface area (Å²) in [5.41, 5.74) is 0. The van der Waals surface area contributed by atoms with E-state index in [2.05, 4.69) is 4.72 Å². The van der Waals surface area contributed by atoms with Gasteiger partial charge in [-0.25, -0.2) is 8.93 Å². The summed E-state index contributed by atoms with van der Waals surface area (Å²) >= 11 is -1.98. The van der Waals surface area contributed by atoms with Crippen molar-refractivity contribution in [1.29, 1.82) is 0 Å². The van der Waals surface area contributed by atoms with Crippen molar-refractivity contribution in [3.05, 3.63) is 0 Å². The number of aliphatic hydroxyl groups is 1. The van der Waals surface area contributed by atoms with Crippen LogP contribution in [0, 0.1) is 0 Å². The van der Waals surface area contributed by atoms with Crippen molar-refractivity contribution in [3.63, 3.8) is 0 Å². The van der Waals surface area contributed by atoms with Gasteiger partial charge < -0.3 is 5.11 Å². The van der Waals surface area contributed by atoms with Crippen molar-refractivity contribution >= 4 is 11.3 Å². The maximum absolute atomic E-state index is 9.65. The Morgan fingerprint density at radius 3 is 2.43 bits per heavy atom. The molecule has 0 aliphatic rings. The fraction of sp³-hybridized carbons (Fsp3) is 1.00. The normalized spacial score (nSPS) is 14.0. The Labute approximate surface area is 44.0 Å². The van der Waals surface area contributed by atoms with Crippen LogP contribution < -0.4 is 4.72 Å². The topological polar surface area (TPSA) is 69.6 Å². The lowest BCUT2D eigenvalue weighted by molar-refractivity contribution is 0.300. The summed E-state index contributed by atoms with van der Waals surface area (Å²) in [4.78, 5) is 0. The van der Waals surface area contributed by atoms with Gasteiger partial charge in [0.25, 0.3) is 0 Å². The van der Waals surface area contributed by atoms with Crippen LogP contribution in [0.1, 0.15) is 0 Å². The third-order valence-corrected chi connectivity index (χ3v) is 0.788. The summed E-state index contributed by atoms with van der Waals surface area (Å²) in [6.07, 6.45) is 0. The molecule has 0 aromatic heterocycles. The van der Waals surface area contributed by atoms with E-state index in [0.29, 0.717) is 0 Å². The largest absolute Gasteiger partial charge is 0.395 e. The first-order valence-electron chi connectivity index (χ1n) is 1.72. The molecule has 3 N–H and O–H groups in total. The average molecular weight is 125 g/mol. The molecule has 0 aliphatic carbocycles. The Bertz CT molecular complexity index is 66.0. The zero-order valence-corrected chi connectivity index (χ0v) is 4.44. The summed E-state index contributed by atoms with van der Waals surface area (Å²) < 4.78 is 19.7. The second kappa shape index (κ2) is 4.20. The summed E-state index contributed by atoms with van der Waals surface area (Å²) in [5, 5.41) is 8.01. The van der Waals surface area contributed by atoms with E-state index in [9.17, 15) is 4.21 Å². The second-order valence-corrected chi connectivity index (χ2v) is 1.65. The van der Waals surface area contributed by atoms with E-state index >= 15 is 0 Å². The van der Waals surface area contributed by atoms with E-state index < -0.39 is 11.3 Å². The number of rotatable bonds is 3. The van der Waals surface area contributed by atoms with Gasteiger partial charge >= 0.3 is 0 Å². The van der Waals surface area contributed by atoms with Crippen LogP contribution in [0.4, 0.5) is 0 Å². The Balaban J connectivity index is 2.82. The van der Waals surface area contributed by atoms with E-state index in [0.717, 1.165) is 0 Å². The van der Waals surface area contributed by atoms with E-state index in [-0.39, 0.29) is 13.2 Å². The molecule has 1 atom stereocenters. The highest BCUT2D eigenvalue weighted by atomic mass is 32.2. The summed E-state index contributed by atoms with van der Waals surface area (Å²) in [5.74, 6) is 0. The Hall–Kier alpha value is 0.0300. The van der Waals surface area contributed by atoms with Gasteiger partial charge in [0.1, 0.15) is 0 Å². The minimum absolute atomic E-state index is 0.119. The predicted molar refractivity (Wildman–Crippen MR) is 25.9 cm³/mol. The minimum atomic E-state index is -1.98. The van der Waals surface area contributed by atoms with Crippen LogP contribution in [-0.4, -0.2) is 27.0 Å². The molecule has 0 spiro atoms. The predicted octanol–water partition coefficient (Wildman–Crippen LogP) is -1.29. The molecule has 0 rings (SSSR count). The monoisotopic (exact) mass is 125 g/mol. The first-order valence-corrected chi connectivity index (χ1v) is 2.83. The zero-order chi connectivity index (χ0) is 5.70. The van der Waals surface area contributed by atoms with E-state index in [4.69, 9.17) is 9.66 Å². The Morgan fingerprint density at radius 2 is 2.29 bits per heavy atom. The fourth-order valence-corrected chi connectivity index (χ4v) is 0.399. The first-order chi connectivity index (χ1) is 3.27. The van der Waals surface area contributed by atoms with Gasteiger partial charge in [0.05, 0.1) is 6.61 Å². The maximum atomic E-state index is 9.65. The molecule has 1 unspecified atom stereocenters. The molecule has 0 aromatic carbocycles. The van der Waals surface area contributed by atoms with Gasteiger partial charge in [-0.3, -0.25) is 4.55 Å². The molecule has 0 amide bonds. The van der Waals surface area contributed by atoms with Gasteiger partial charge in [-0.1, -0.05) is 0 Å². The molecular formula is C2H7NO3S. The molecule has 0 saturated heterocycles. The number of aliphatic hydroxyl groups excluding tert-OH is 1. The van der Waals surface area contributed by atoms with Gasteiger partial charge in [-0.2, -0.15) is 0 Å². The zero-order valence-electron chi connectivity index (χ0n) is 3.63. The molecular weight excluding hydrogens is 118 g/mol. The lowest BCUT2D eigenvalue weighted by Crippen LogP contribution is -2.19. The molecule has 4 nitrogen and oxygen atoms in total. The lowest BCUT2D eigenvalue weighted by atomic mass is 10.8. The SMILES string of the molecule is O=S(O)NCCO. The third-order valence-electron chi connectivity index (χ3n) is 0.337. The average Bonchev–Trinajstić information content (AvgIpc) is 1.61. The van der Waals surface area contributed by atoms with Crippen LogP contribution in [-0.2, 0) is 11.3 Å². The highest BCUT2D eigenvalue weighted by molar-refractivity contribution is 7.77. The van der Waals surface area contributed by atoms with Crippen molar-refractivity contribution in [2.24, 2.45) is 0 Å². The fourth-order valence-electron chi connectivity index (χ4n) is 0.133. The molecule has 0 fully saturated rings. The van der Waals surface area contributed by atoms with Crippen molar-refractivity contribution in [3.8, 4) is 0 Å². The highest BCUT2D eigenvalue weighted by Gasteiger charge is 1.85. The Morgan fingerprint density at radius 1 is 1.71 bits per heavy atom. The molecule has 7 heavy (non-hydrogen) atoms. The van der Waals surface area contributed by atoms with Crippen LogP contribution in [0.2, 0.25) is 0 Å². The van der Waals surface area contributed by atoms with Gasteiger partial charge in [0.2, 0.25) is 11.3 Å². The van der Waals surface area contributed by atoms with Crippen LogP contribution in [0.15, 0.2) is 0 Å². The molecule has 44 valence electrons. The first kappa shape index (κ1) is 7.03. The van der Waals surface area contributed by atoms with Crippen molar-refractivity contribution in [2.75, 3.05) is 13.2 Å². The third kappa shape index (κ3) is 6.03. The minimum Gasteiger partial charge on any atom is -0.395 e. The smallest absolute Gasteiger partial charge is 0.231 e. The highest BCUT2D eigenvalue weighted by Crippen LogP contribution is 1.58. The lowest BCUT2D eigenvalue weighted by Gasteiger charge is -1.90. The van der Waals surface area contributed by atoms with E-state index in [1.165, 1.54) is 0 Å².